The summed E-state index contributed by atoms with van der Waals surface area (Å²) >= 11 is 3.58. The standard InChI is InChI=1S/C19H27BrN2O/c1-23-19-5-4-17(20)12-16(19)13-21-6-8-22(9-7-21)18-11-14-2-3-15(18)10-14/h4-5,12,14-15,18H,2-3,6-11,13H2,1H3. The molecule has 23 heavy (non-hydrogen) atoms. The number of benzene rings is 1. The molecule has 3 unspecified atom stereocenters. The highest BCUT2D eigenvalue weighted by atomic mass is 79.9. The lowest BCUT2D eigenvalue weighted by atomic mass is 9.93. The van der Waals surface area contributed by atoms with Crippen molar-refractivity contribution in [1.29, 1.82) is 0 Å². The van der Waals surface area contributed by atoms with Crippen molar-refractivity contribution in [2.45, 2.75) is 38.3 Å². The van der Waals surface area contributed by atoms with E-state index in [0.717, 1.165) is 34.6 Å². The average Bonchev–Trinajstić information content (AvgIpc) is 3.19. The number of hydrogen-bond donors (Lipinski definition) is 0. The van der Waals surface area contributed by atoms with Gasteiger partial charge < -0.3 is 4.74 Å². The maximum atomic E-state index is 5.52. The second-order valence-corrected chi connectivity index (χ2v) is 8.43. The van der Waals surface area contributed by atoms with Crippen LogP contribution in [0.15, 0.2) is 22.7 Å². The molecule has 3 nitrogen and oxygen atoms in total. The Balaban J connectivity index is 1.34. The molecule has 126 valence electrons. The van der Waals surface area contributed by atoms with Gasteiger partial charge in [0.2, 0.25) is 0 Å². The second kappa shape index (κ2) is 6.73. The molecule has 2 aliphatic carbocycles. The van der Waals surface area contributed by atoms with E-state index in [1.807, 2.05) is 0 Å². The van der Waals surface area contributed by atoms with Crippen molar-refractivity contribution in [2.24, 2.45) is 11.8 Å². The molecule has 0 amide bonds. The molecular formula is C19H27BrN2O. The zero-order valence-electron chi connectivity index (χ0n) is 14.0. The molecule has 1 aliphatic heterocycles. The lowest BCUT2D eigenvalue weighted by Gasteiger charge is -2.41. The first kappa shape index (κ1) is 15.9. The Bertz CT molecular complexity index is 556. The molecule has 2 saturated carbocycles. The Kier molecular flexibility index (Phi) is 4.66. The first-order chi connectivity index (χ1) is 11.2. The summed E-state index contributed by atoms with van der Waals surface area (Å²) in [6.45, 7) is 5.84. The van der Waals surface area contributed by atoms with Crippen LogP contribution >= 0.6 is 15.9 Å². The zero-order chi connectivity index (χ0) is 15.8. The molecule has 0 spiro atoms. The van der Waals surface area contributed by atoms with Crippen LogP contribution in [0.2, 0.25) is 0 Å². The Hall–Kier alpha value is -0.580. The van der Waals surface area contributed by atoms with E-state index in [1.54, 1.807) is 7.11 Å². The molecule has 2 bridgehead atoms. The Morgan fingerprint density at radius 2 is 1.96 bits per heavy atom. The highest BCUT2D eigenvalue weighted by molar-refractivity contribution is 9.10. The smallest absolute Gasteiger partial charge is 0.123 e. The molecule has 4 rings (SSSR count). The number of piperazine rings is 1. The Morgan fingerprint density at radius 3 is 2.61 bits per heavy atom. The monoisotopic (exact) mass is 378 g/mol. The number of fused-ring (bicyclic) bond motifs is 2. The van der Waals surface area contributed by atoms with Crippen LogP contribution in [-0.4, -0.2) is 49.1 Å². The molecule has 1 aromatic rings. The van der Waals surface area contributed by atoms with Gasteiger partial charge in [-0.2, -0.15) is 0 Å². The quantitative estimate of drug-likeness (QED) is 0.792. The summed E-state index contributed by atoms with van der Waals surface area (Å²) < 4.78 is 6.65. The van der Waals surface area contributed by atoms with Crippen molar-refractivity contribution in [3.63, 3.8) is 0 Å². The topological polar surface area (TPSA) is 15.7 Å². The fraction of sp³-hybridized carbons (Fsp3) is 0.684. The fourth-order valence-corrected chi connectivity index (χ4v) is 5.43. The van der Waals surface area contributed by atoms with Crippen LogP contribution in [0.1, 0.15) is 31.2 Å². The lowest BCUT2D eigenvalue weighted by Crippen LogP contribution is -2.51. The first-order valence-electron chi connectivity index (χ1n) is 9.02. The highest BCUT2D eigenvalue weighted by Crippen LogP contribution is 2.46. The number of methoxy groups -OCH3 is 1. The third-order valence-corrected chi connectivity index (χ3v) is 6.71. The molecule has 4 heteroatoms. The molecule has 3 fully saturated rings. The third kappa shape index (κ3) is 3.31. The van der Waals surface area contributed by atoms with Crippen molar-refractivity contribution in [1.82, 2.24) is 9.80 Å². The summed E-state index contributed by atoms with van der Waals surface area (Å²) in [6.07, 6.45) is 5.98. The highest BCUT2D eigenvalue weighted by Gasteiger charge is 2.42. The van der Waals surface area contributed by atoms with Gasteiger partial charge in [0.05, 0.1) is 7.11 Å². The van der Waals surface area contributed by atoms with E-state index in [9.17, 15) is 0 Å². The average molecular weight is 379 g/mol. The van der Waals surface area contributed by atoms with Crippen molar-refractivity contribution in [2.75, 3.05) is 33.3 Å². The van der Waals surface area contributed by atoms with E-state index < -0.39 is 0 Å². The number of hydrogen-bond acceptors (Lipinski definition) is 3. The SMILES string of the molecule is COc1ccc(Br)cc1CN1CCN(C2CC3CCC2C3)CC1. The Labute approximate surface area is 148 Å². The minimum atomic E-state index is 0.899. The van der Waals surface area contributed by atoms with Gasteiger partial charge in [-0.05, 0) is 49.3 Å². The maximum Gasteiger partial charge on any atom is 0.123 e. The van der Waals surface area contributed by atoms with E-state index >= 15 is 0 Å². The molecule has 0 N–H and O–H groups in total. The van der Waals surface area contributed by atoms with Gasteiger partial charge in [-0.25, -0.2) is 0 Å². The van der Waals surface area contributed by atoms with Crippen molar-refractivity contribution in [3.8, 4) is 5.75 Å². The number of ether oxygens (including phenoxy) is 1. The molecule has 1 saturated heterocycles. The predicted molar refractivity (Wildman–Crippen MR) is 96.8 cm³/mol. The van der Waals surface area contributed by atoms with Gasteiger partial charge >= 0.3 is 0 Å². The molecule has 0 radical (unpaired) electrons. The lowest BCUT2D eigenvalue weighted by molar-refractivity contribution is 0.0676. The number of halogens is 1. The van der Waals surface area contributed by atoms with Gasteiger partial charge in [0.1, 0.15) is 5.75 Å². The van der Waals surface area contributed by atoms with Crippen LogP contribution in [0.5, 0.6) is 5.75 Å². The summed E-state index contributed by atoms with van der Waals surface area (Å²) in [5, 5.41) is 0. The van der Waals surface area contributed by atoms with E-state index in [2.05, 4.69) is 43.9 Å². The summed E-state index contributed by atoms with van der Waals surface area (Å²) in [5.41, 5.74) is 1.29. The van der Waals surface area contributed by atoms with E-state index in [4.69, 9.17) is 4.74 Å². The predicted octanol–water partition coefficient (Wildman–Crippen LogP) is 3.76. The van der Waals surface area contributed by atoms with Gasteiger partial charge in [0.25, 0.3) is 0 Å². The minimum Gasteiger partial charge on any atom is -0.496 e. The molecular weight excluding hydrogens is 352 g/mol. The molecule has 1 aromatic carbocycles. The summed E-state index contributed by atoms with van der Waals surface area (Å²) in [5.74, 6) is 3.06. The van der Waals surface area contributed by atoms with Gasteiger partial charge in [0, 0.05) is 48.8 Å². The van der Waals surface area contributed by atoms with Gasteiger partial charge in [-0.15, -0.1) is 0 Å². The molecule has 3 atom stereocenters. The maximum absolute atomic E-state index is 5.52. The molecule has 3 aliphatic rings. The molecule has 1 heterocycles. The van der Waals surface area contributed by atoms with Crippen LogP contribution < -0.4 is 4.74 Å². The molecule has 0 aromatic heterocycles. The van der Waals surface area contributed by atoms with Crippen LogP contribution in [0.3, 0.4) is 0 Å². The van der Waals surface area contributed by atoms with Crippen LogP contribution in [0.4, 0.5) is 0 Å². The Morgan fingerprint density at radius 1 is 1.13 bits per heavy atom. The largest absolute Gasteiger partial charge is 0.496 e. The van der Waals surface area contributed by atoms with E-state index in [1.165, 1.54) is 57.4 Å². The van der Waals surface area contributed by atoms with Crippen LogP contribution in [0, 0.1) is 11.8 Å². The summed E-state index contributed by atoms with van der Waals surface area (Å²) in [6, 6.07) is 7.21. The zero-order valence-corrected chi connectivity index (χ0v) is 15.6. The van der Waals surface area contributed by atoms with Crippen LogP contribution in [0.25, 0.3) is 0 Å². The van der Waals surface area contributed by atoms with Gasteiger partial charge in [-0.3, -0.25) is 9.80 Å². The van der Waals surface area contributed by atoms with Crippen LogP contribution in [-0.2, 0) is 6.54 Å². The number of nitrogens with zero attached hydrogens (tertiary/aromatic N) is 2. The van der Waals surface area contributed by atoms with Gasteiger partial charge in [0.15, 0.2) is 0 Å². The fourth-order valence-electron chi connectivity index (χ4n) is 5.02. The summed E-state index contributed by atoms with van der Waals surface area (Å²) in [4.78, 5) is 5.37. The third-order valence-electron chi connectivity index (χ3n) is 6.21. The minimum absolute atomic E-state index is 0.899. The van der Waals surface area contributed by atoms with E-state index in [0.29, 0.717) is 0 Å². The first-order valence-corrected chi connectivity index (χ1v) is 9.81. The normalized spacial score (nSPS) is 31.7. The second-order valence-electron chi connectivity index (χ2n) is 7.51. The van der Waals surface area contributed by atoms with E-state index in [-0.39, 0.29) is 0 Å². The van der Waals surface area contributed by atoms with Crippen molar-refractivity contribution < 1.29 is 4.74 Å². The van der Waals surface area contributed by atoms with Crippen molar-refractivity contribution >= 4 is 15.9 Å². The summed E-state index contributed by atoms with van der Waals surface area (Å²) in [7, 11) is 1.76. The van der Waals surface area contributed by atoms with Gasteiger partial charge in [-0.1, -0.05) is 22.4 Å². The van der Waals surface area contributed by atoms with Crippen molar-refractivity contribution in [3.05, 3.63) is 28.2 Å². The number of rotatable bonds is 4.